The third-order valence-electron chi connectivity index (χ3n) is 2.25. The van der Waals surface area contributed by atoms with Gasteiger partial charge in [0.1, 0.15) is 0 Å². The average molecular weight is 252 g/mol. The number of aryl methyl sites for hydroxylation is 1. The Morgan fingerprint density at radius 1 is 1.25 bits per heavy atom. The number of halogens is 3. The quantitative estimate of drug-likeness (QED) is 0.811. The minimum atomic E-state index is -4.52. The first-order valence-corrected chi connectivity index (χ1v) is 6.24. The third kappa shape index (κ3) is 2.55. The predicted molar refractivity (Wildman–Crippen MR) is 53.9 cm³/mol. The van der Waals surface area contributed by atoms with Crippen LogP contribution in [0, 0.1) is 6.92 Å². The summed E-state index contributed by atoms with van der Waals surface area (Å²) in [5, 5.41) is 0. The summed E-state index contributed by atoms with van der Waals surface area (Å²) < 4.78 is 60.4. The molecule has 1 aromatic carbocycles. The second-order valence-corrected chi connectivity index (χ2v) is 5.66. The van der Waals surface area contributed by atoms with E-state index in [4.69, 9.17) is 0 Å². The standard InChI is InChI=1S/C10H11F3O2S/c1-3-16(14,15)8-5-4-7(2)9(6-8)10(11,12)13/h4-6H,3H2,1-2H3. The number of alkyl halides is 3. The molecule has 1 aromatic rings. The van der Waals surface area contributed by atoms with E-state index < -0.39 is 21.6 Å². The van der Waals surface area contributed by atoms with Crippen LogP contribution in [0.1, 0.15) is 18.1 Å². The highest BCUT2D eigenvalue weighted by Crippen LogP contribution is 2.33. The summed E-state index contributed by atoms with van der Waals surface area (Å²) in [4.78, 5) is -0.284. The summed E-state index contributed by atoms with van der Waals surface area (Å²) in [7, 11) is -3.60. The minimum absolute atomic E-state index is 0.0163. The van der Waals surface area contributed by atoms with E-state index in [1.165, 1.54) is 26.0 Å². The molecule has 1 rings (SSSR count). The Morgan fingerprint density at radius 2 is 1.81 bits per heavy atom. The number of benzene rings is 1. The van der Waals surface area contributed by atoms with Crippen molar-refractivity contribution in [2.75, 3.05) is 5.75 Å². The number of hydrogen-bond acceptors (Lipinski definition) is 2. The second kappa shape index (κ2) is 4.08. The molecule has 0 aliphatic rings. The molecule has 6 heteroatoms. The molecule has 0 radical (unpaired) electrons. The fraction of sp³-hybridized carbons (Fsp3) is 0.400. The van der Waals surface area contributed by atoms with Crippen molar-refractivity contribution < 1.29 is 21.6 Å². The largest absolute Gasteiger partial charge is 0.416 e. The number of hydrogen-bond donors (Lipinski definition) is 0. The Hall–Kier alpha value is -1.04. The van der Waals surface area contributed by atoms with Gasteiger partial charge in [-0.1, -0.05) is 13.0 Å². The van der Waals surface area contributed by atoms with E-state index >= 15 is 0 Å². The molecule has 0 saturated heterocycles. The molecule has 0 atom stereocenters. The Labute approximate surface area is 92.0 Å². The first kappa shape index (κ1) is 13.0. The van der Waals surface area contributed by atoms with Crippen LogP contribution in [0.5, 0.6) is 0 Å². The van der Waals surface area contributed by atoms with Gasteiger partial charge >= 0.3 is 6.18 Å². The van der Waals surface area contributed by atoms with Gasteiger partial charge < -0.3 is 0 Å². The van der Waals surface area contributed by atoms with Gasteiger partial charge in [0.25, 0.3) is 0 Å². The van der Waals surface area contributed by atoms with E-state index in [0.29, 0.717) is 6.07 Å². The Balaban J connectivity index is 3.40. The molecule has 0 unspecified atom stereocenters. The van der Waals surface area contributed by atoms with Crippen LogP contribution in [0.15, 0.2) is 23.1 Å². The zero-order valence-electron chi connectivity index (χ0n) is 8.80. The van der Waals surface area contributed by atoms with Crippen molar-refractivity contribution in [2.24, 2.45) is 0 Å². The van der Waals surface area contributed by atoms with Gasteiger partial charge in [-0.3, -0.25) is 0 Å². The van der Waals surface area contributed by atoms with Crippen molar-refractivity contribution in [1.82, 2.24) is 0 Å². The van der Waals surface area contributed by atoms with Crippen LogP contribution >= 0.6 is 0 Å². The number of rotatable bonds is 2. The Morgan fingerprint density at radius 3 is 2.25 bits per heavy atom. The lowest BCUT2D eigenvalue weighted by Gasteiger charge is -2.11. The van der Waals surface area contributed by atoms with Crippen LogP contribution in [0.25, 0.3) is 0 Å². The average Bonchev–Trinajstić information content (AvgIpc) is 2.16. The van der Waals surface area contributed by atoms with Gasteiger partial charge in [-0.05, 0) is 24.6 Å². The van der Waals surface area contributed by atoms with Crippen LogP contribution in [0.2, 0.25) is 0 Å². The molecule has 0 bridgehead atoms. The molecule has 90 valence electrons. The zero-order chi connectivity index (χ0) is 12.6. The van der Waals surface area contributed by atoms with Crippen LogP contribution in [-0.2, 0) is 16.0 Å². The molecule has 0 aliphatic heterocycles. The lowest BCUT2D eigenvalue weighted by molar-refractivity contribution is -0.138. The minimum Gasteiger partial charge on any atom is -0.224 e. The van der Waals surface area contributed by atoms with Crippen molar-refractivity contribution in [3.63, 3.8) is 0 Å². The van der Waals surface area contributed by atoms with Gasteiger partial charge in [0.15, 0.2) is 9.84 Å². The molecule has 0 fully saturated rings. The number of sulfone groups is 1. The maximum atomic E-state index is 12.5. The molecular weight excluding hydrogens is 241 g/mol. The van der Waals surface area contributed by atoms with Gasteiger partial charge in [-0.25, -0.2) is 8.42 Å². The van der Waals surface area contributed by atoms with Gasteiger partial charge in [0, 0.05) is 0 Å². The normalized spacial score (nSPS) is 12.8. The van der Waals surface area contributed by atoms with Crippen LogP contribution in [-0.4, -0.2) is 14.2 Å². The summed E-state index contributed by atoms with van der Waals surface area (Å²) in [5.41, 5.74) is -0.885. The monoisotopic (exact) mass is 252 g/mol. The summed E-state index contributed by atoms with van der Waals surface area (Å²) in [6, 6.07) is 3.06. The summed E-state index contributed by atoms with van der Waals surface area (Å²) >= 11 is 0. The summed E-state index contributed by atoms with van der Waals surface area (Å²) in [6.07, 6.45) is -4.52. The van der Waals surface area contributed by atoms with Crippen molar-refractivity contribution in [1.29, 1.82) is 0 Å². The topological polar surface area (TPSA) is 34.1 Å². The summed E-state index contributed by atoms with van der Waals surface area (Å²) in [5.74, 6) is -0.215. The SMILES string of the molecule is CCS(=O)(=O)c1ccc(C)c(C(F)(F)F)c1. The fourth-order valence-electron chi connectivity index (χ4n) is 1.27. The van der Waals surface area contributed by atoms with Crippen molar-refractivity contribution >= 4 is 9.84 Å². The van der Waals surface area contributed by atoms with E-state index in [2.05, 4.69) is 0 Å². The van der Waals surface area contributed by atoms with Gasteiger partial charge in [0.2, 0.25) is 0 Å². The van der Waals surface area contributed by atoms with E-state index in [-0.39, 0.29) is 16.2 Å². The Bertz CT molecular complexity index is 489. The van der Waals surface area contributed by atoms with Crippen molar-refractivity contribution in [3.05, 3.63) is 29.3 Å². The third-order valence-corrected chi connectivity index (χ3v) is 3.99. The fourth-order valence-corrected chi connectivity index (χ4v) is 2.17. The van der Waals surface area contributed by atoms with Crippen LogP contribution < -0.4 is 0 Å². The second-order valence-electron chi connectivity index (χ2n) is 3.38. The molecule has 0 aliphatic carbocycles. The van der Waals surface area contributed by atoms with Gasteiger partial charge in [-0.15, -0.1) is 0 Å². The molecule has 2 nitrogen and oxygen atoms in total. The molecule has 0 N–H and O–H groups in total. The molecule has 0 amide bonds. The first-order valence-electron chi connectivity index (χ1n) is 4.59. The predicted octanol–water partition coefficient (Wildman–Crippen LogP) is 2.81. The zero-order valence-corrected chi connectivity index (χ0v) is 9.61. The van der Waals surface area contributed by atoms with E-state index in [1.54, 1.807) is 0 Å². The smallest absolute Gasteiger partial charge is 0.224 e. The highest BCUT2D eigenvalue weighted by Gasteiger charge is 2.33. The molecule has 0 aromatic heterocycles. The molecule has 0 spiro atoms. The van der Waals surface area contributed by atoms with Crippen LogP contribution in [0.3, 0.4) is 0 Å². The van der Waals surface area contributed by atoms with Crippen molar-refractivity contribution in [2.45, 2.75) is 24.9 Å². The van der Waals surface area contributed by atoms with E-state index in [1.807, 2.05) is 0 Å². The summed E-state index contributed by atoms with van der Waals surface area (Å²) in [6.45, 7) is 2.69. The molecule has 0 saturated carbocycles. The maximum Gasteiger partial charge on any atom is 0.416 e. The van der Waals surface area contributed by atoms with E-state index in [0.717, 1.165) is 0 Å². The van der Waals surface area contributed by atoms with Gasteiger partial charge in [-0.2, -0.15) is 13.2 Å². The van der Waals surface area contributed by atoms with Crippen molar-refractivity contribution in [3.8, 4) is 0 Å². The maximum absolute atomic E-state index is 12.5. The van der Waals surface area contributed by atoms with Crippen LogP contribution in [0.4, 0.5) is 13.2 Å². The highest BCUT2D eigenvalue weighted by molar-refractivity contribution is 7.91. The lowest BCUT2D eigenvalue weighted by atomic mass is 10.1. The lowest BCUT2D eigenvalue weighted by Crippen LogP contribution is -2.11. The molecule has 16 heavy (non-hydrogen) atoms. The highest BCUT2D eigenvalue weighted by atomic mass is 32.2. The Kier molecular flexibility index (Phi) is 3.33. The molecule has 0 heterocycles. The van der Waals surface area contributed by atoms with Gasteiger partial charge in [0.05, 0.1) is 16.2 Å². The first-order chi connectivity index (χ1) is 7.18. The molecular formula is C10H11F3O2S. The van der Waals surface area contributed by atoms with E-state index in [9.17, 15) is 21.6 Å².